The summed E-state index contributed by atoms with van der Waals surface area (Å²) in [4.78, 5) is 6.40. The predicted octanol–water partition coefficient (Wildman–Crippen LogP) is 0.343. The van der Waals surface area contributed by atoms with Crippen molar-refractivity contribution in [2.75, 3.05) is 20.2 Å². The molecule has 1 aliphatic heterocycles. The van der Waals surface area contributed by atoms with Crippen LogP contribution in [-0.2, 0) is 16.6 Å². The van der Waals surface area contributed by atoms with E-state index in [2.05, 4.69) is 9.88 Å². The third kappa shape index (κ3) is 3.89. The molecule has 19 heavy (non-hydrogen) atoms. The Hall–Kier alpha value is -1.18. The van der Waals surface area contributed by atoms with Crippen LogP contribution in [0, 0.1) is 0 Å². The average Bonchev–Trinajstić information content (AvgIpc) is 2.38. The molecule has 1 saturated heterocycles. The third-order valence-corrected chi connectivity index (χ3v) is 4.62. The molecule has 0 radical (unpaired) electrons. The van der Waals surface area contributed by atoms with Gasteiger partial charge in [-0.25, -0.2) is 18.5 Å². The number of rotatable bonds is 4. The maximum atomic E-state index is 11.4. The molecule has 0 bridgehead atoms. The van der Waals surface area contributed by atoms with Crippen LogP contribution in [0.15, 0.2) is 18.2 Å². The average molecular weight is 285 g/mol. The lowest BCUT2D eigenvalue weighted by molar-refractivity contribution is 0.219. The molecule has 106 valence electrons. The summed E-state index contributed by atoms with van der Waals surface area (Å²) in [5.41, 5.74) is 0.870. The lowest BCUT2D eigenvalue weighted by Crippen LogP contribution is -2.44. The number of aromatic nitrogens is 1. The Balaban J connectivity index is 2.02. The summed E-state index contributed by atoms with van der Waals surface area (Å²) < 4.78 is 27.9. The summed E-state index contributed by atoms with van der Waals surface area (Å²) in [5, 5.41) is 4.76. The minimum Gasteiger partial charge on any atom is -0.481 e. The summed E-state index contributed by atoms with van der Waals surface area (Å²) in [6.07, 6.45) is 1.48. The Labute approximate surface area is 113 Å². The number of nitrogens with two attached hydrogens (primary N) is 1. The molecule has 0 saturated carbocycles. The van der Waals surface area contributed by atoms with Crippen LogP contribution in [0.1, 0.15) is 18.5 Å². The molecular weight excluding hydrogens is 266 g/mol. The van der Waals surface area contributed by atoms with Gasteiger partial charge in [0.2, 0.25) is 15.9 Å². The number of sulfonamides is 1. The number of hydrogen-bond acceptors (Lipinski definition) is 5. The van der Waals surface area contributed by atoms with Crippen LogP contribution in [0.25, 0.3) is 0 Å². The zero-order chi connectivity index (χ0) is 13.9. The highest BCUT2D eigenvalue weighted by Gasteiger charge is 2.28. The number of nitrogens with zero attached hydrogens (tertiary/aromatic N) is 2. The summed E-state index contributed by atoms with van der Waals surface area (Å²) in [5.74, 6) is 0.567. The Morgan fingerprint density at radius 1 is 1.53 bits per heavy atom. The van der Waals surface area contributed by atoms with E-state index in [0.29, 0.717) is 25.4 Å². The fourth-order valence-corrected chi connectivity index (χ4v) is 3.23. The first-order valence-electron chi connectivity index (χ1n) is 6.23. The van der Waals surface area contributed by atoms with Crippen molar-refractivity contribution in [3.05, 3.63) is 23.9 Å². The topological polar surface area (TPSA) is 85.5 Å². The number of methoxy groups -OCH3 is 1. The SMILES string of the molecule is COc1cccc(CN2CCCC(S(N)(=O)=O)C2)n1. The van der Waals surface area contributed by atoms with Gasteiger partial charge in [-0.2, -0.15) is 0 Å². The molecule has 2 N–H and O–H groups in total. The van der Waals surface area contributed by atoms with E-state index < -0.39 is 15.3 Å². The molecule has 2 rings (SSSR count). The van der Waals surface area contributed by atoms with Crippen LogP contribution < -0.4 is 9.88 Å². The maximum Gasteiger partial charge on any atom is 0.213 e. The van der Waals surface area contributed by atoms with Crippen molar-refractivity contribution in [1.29, 1.82) is 0 Å². The van der Waals surface area contributed by atoms with Crippen molar-refractivity contribution < 1.29 is 13.2 Å². The van der Waals surface area contributed by atoms with E-state index in [4.69, 9.17) is 9.88 Å². The van der Waals surface area contributed by atoms with E-state index in [1.807, 2.05) is 12.1 Å². The highest BCUT2D eigenvalue weighted by molar-refractivity contribution is 7.89. The zero-order valence-corrected chi connectivity index (χ0v) is 11.8. The van der Waals surface area contributed by atoms with Crippen LogP contribution in [-0.4, -0.2) is 43.8 Å². The quantitative estimate of drug-likeness (QED) is 0.862. The van der Waals surface area contributed by atoms with Gasteiger partial charge in [-0.05, 0) is 25.5 Å². The minimum absolute atomic E-state index is 0.466. The van der Waals surface area contributed by atoms with Crippen molar-refractivity contribution in [3.63, 3.8) is 0 Å². The van der Waals surface area contributed by atoms with Gasteiger partial charge >= 0.3 is 0 Å². The van der Waals surface area contributed by atoms with E-state index in [9.17, 15) is 8.42 Å². The van der Waals surface area contributed by atoms with E-state index in [0.717, 1.165) is 18.7 Å². The molecular formula is C12H19N3O3S. The number of pyridine rings is 1. The predicted molar refractivity (Wildman–Crippen MR) is 72.2 cm³/mol. The number of ether oxygens (including phenoxy) is 1. The maximum absolute atomic E-state index is 11.4. The molecule has 1 atom stereocenters. The van der Waals surface area contributed by atoms with E-state index in [1.54, 1.807) is 13.2 Å². The second-order valence-electron chi connectivity index (χ2n) is 4.76. The zero-order valence-electron chi connectivity index (χ0n) is 10.9. The van der Waals surface area contributed by atoms with Gasteiger partial charge < -0.3 is 4.74 Å². The van der Waals surface area contributed by atoms with Gasteiger partial charge in [-0.1, -0.05) is 6.07 Å². The van der Waals surface area contributed by atoms with Gasteiger partial charge in [0.15, 0.2) is 0 Å². The van der Waals surface area contributed by atoms with Gasteiger partial charge in [0.25, 0.3) is 0 Å². The molecule has 0 amide bonds. The summed E-state index contributed by atoms with van der Waals surface area (Å²) >= 11 is 0. The molecule has 1 aliphatic rings. The van der Waals surface area contributed by atoms with Gasteiger partial charge in [-0.15, -0.1) is 0 Å². The van der Waals surface area contributed by atoms with Gasteiger partial charge in [0.05, 0.1) is 18.1 Å². The molecule has 1 unspecified atom stereocenters. The number of likely N-dealkylation sites (tertiary alicyclic amines) is 1. The van der Waals surface area contributed by atoms with Gasteiger partial charge in [0.1, 0.15) is 0 Å². The van der Waals surface area contributed by atoms with Crippen molar-refractivity contribution in [1.82, 2.24) is 9.88 Å². The molecule has 1 aromatic heterocycles. The third-order valence-electron chi connectivity index (χ3n) is 3.30. The van der Waals surface area contributed by atoms with E-state index >= 15 is 0 Å². The molecule has 0 aromatic carbocycles. The smallest absolute Gasteiger partial charge is 0.213 e. The normalized spacial score (nSPS) is 21.3. The summed E-state index contributed by atoms with van der Waals surface area (Å²) in [6.45, 7) is 1.95. The molecule has 1 fully saturated rings. The van der Waals surface area contributed by atoms with Crippen LogP contribution in [0.5, 0.6) is 5.88 Å². The first-order chi connectivity index (χ1) is 8.99. The molecule has 1 aromatic rings. The highest BCUT2D eigenvalue weighted by Crippen LogP contribution is 2.17. The number of hydrogen-bond donors (Lipinski definition) is 1. The van der Waals surface area contributed by atoms with Crippen molar-refractivity contribution in [2.24, 2.45) is 5.14 Å². The van der Waals surface area contributed by atoms with Gasteiger partial charge in [0, 0.05) is 19.2 Å². The molecule has 6 nitrogen and oxygen atoms in total. The minimum atomic E-state index is -3.45. The first-order valence-corrected chi connectivity index (χ1v) is 7.84. The van der Waals surface area contributed by atoms with Crippen LogP contribution in [0.4, 0.5) is 0 Å². The second-order valence-corrected chi connectivity index (χ2v) is 6.60. The molecule has 2 heterocycles. The fraction of sp³-hybridized carbons (Fsp3) is 0.583. The van der Waals surface area contributed by atoms with Crippen molar-refractivity contribution in [2.45, 2.75) is 24.6 Å². The fourth-order valence-electron chi connectivity index (χ4n) is 2.31. The summed E-state index contributed by atoms with van der Waals surface area (Å²) in [7, 11) is -1.88. The lowest BCUT2D eigenvalue weighted by atomic mass is 10.1. The standard InChI is InChI=1S/C12H19N3O3S/c1-18-12-6-2-4-10(14-12)8-15-7-3-5-11(9-15)19(13,16)17/h2,4,6,11H,3,5,7-9H2,1H3,(H2,13,16,17). The highest BCUT2D eigenvalue weighted by atomic mass is 32.2. The molecule has 7 heteroatoms. The Kier molecular flexibility index (Phi) is 4.38. The Morgan fingerprint density at radius 2 is 2.32 bits per heavy atom. The molecule has 0 aliphatic carbocycles. The van der Waals surface area contributed by atoms with Crippen LogP contribution in [0.3, 0.4) is 0 Å². The van der Waals surface area contributed by atoms with Gasteiger partial charge in [-0.3, -0.25) is 4.90 Å². The van der Waals surface area contributed by atoms with Crippen molar-refractivity contribution >= 4 is 10.0 Å². The number of primary sulfonamides is 1. The van der Waals surface area contributed by atoms with E-state index in [1.165, 1.54) is 0 Å². The lowest BCUT2D eigenvalue weighted by Gasteiger charge is -2.31. The monoisotopic (exact) mass is 285 g/mol. The Morgan fingerprint density at radius 3 is 3.00 bits per heavy atom. The van der Waals surface area contributed by atoms with Crippen LogP contribution >= 0.6 is 0 Å². The van der Waals surface area contributed by atoms with Crippen molar-refractivity contribution in [3.8, 4) is 5.88 Å². The first kappa shape index (κ1) is 14.2. The second kappa shape index (κ2) is 5.85. The Bertz CT molecular complexity index is 533. The number of piperidine rings is 1. The van der Waals surface area contributed by atoms with Crippen LogP contribution in [0.2, 0.25) is 0 Å². The largest absolute Gasteiger partial charge is 0.481 e. The molecule has 0 spiro atoms. The summed E-state index contributed by atoms with van der Waals surface area (Å²) in [6, 6.07) is 5.57. The van der Waals surface area contributed by atoms with E-state index in [-0.39, 0.29) is 0 Å².